The second-order valence-corrected chi connectivity index (χ2v) is 5.21. The molecule has 1 heterocycles. The molecule has 0 fully saturated rings. The molecule has 14 heavy (non-hydrogen) atoms. The molecular weight excluding hydrogens is 212 g/mol. The van der Waals surface area contributed by atoms with Crippen LogP contribution in [0.2, 0.25) is 0 Å². The molecule has 0 radical (unpaired) electrons. The molecular formula is C10H11N2S2+. The molecule has 0 spiro atoms. The monoisotopic (exact) mass is 223 g/mol. The van der Waals surface area contributed by atoms with Crippen molar-refractivity contribution in [1.29, 1.82) is 0 Å². The van der Waals surface area contributed by atoms with Gasteiger partial charge in [0.15, 0.2) is 0 Å². The Kier molecular flexibility index (Phi) is 2.74. The average molecular weight is 223 g/mol. The van der Waals surface area contributed by atoms with Crippen molar-refractivity contribution in [3.63, 3.8) is 0 Å². The Hall–Kier alpha value is -1.00. The van der Waals surface area contributed by atoms with Crippen LogP contribution in [0.4, 0.5) is 0 Å². The van der Waals surface area contributed by atoms with Gasteiger partial charge in [0.2, 0.25) is 5.01 Å². The average Bonchev–Trinajstić information content (AvgIpc) is 2.68. The fourth-order valence-corrected chi connectivity index (χ4v) is 3.33. The molecule has 4 heteroatoms. The molecule has 1 aromatic heterocycles. The number of hydrogen-bond donors (Lipinski definition) is 0. The summed E-state index contributed by atoms with van der Waals surface area (Å²) in [6, 6.07) is 10.3. The Balaban J connectivity index is 2.50. The molecule has 0 saturated heterocycles. The van der Waals surface area contributed by atoms with Crippen molar-refractivity contribution in [2.24, 2.45) is 0 Å². The third kappa shape index (κ3) is 1.91. The molecule has 0 aliphatic carbocycles. The zero-order valence-electron chi connectivity index (χ0n) is 8.10. The van der Waals surface area contributed by atoms with Crippen LogP contribution in [0.25, 0.3) is 10.6 Å². The van der Waals surface area contributed by atoms with Crippen molar-refractivity contribution in [2.75, 3.05) is 14.1 Å². The van der Waals surface area contributed by atoms with Gasteiger partial charge < -0.3 is 0 Å². The molecule has 0 aliphatic heterocycles. The van der Waals surface area contributed by atoms with Gasteiger partial charge >= 0.3 is 4.80 Å². The lowest BCUT2D eigenvalue weighted by molar-refractivity contribution is 0.804. The lowest BCUT2D eigenvalue weighted by Gasteiger charge is -1.87. The summed E-state index contributed by atoms with van der Waals surface area (Å²) < 4.78 is 2.04. The minimum atomic E-state index is 1.06. The van der Waals surface area contributed by atoms with Gasteiger partial charge in [-0.15, -0.1) is 0 Å². The van der Waals surface area contributed by atoms with E-state index in [0.717, 1.165) is 9.81 Å². The number of rotatable bonds is 1. The van der Waals surface area contributed by atoms with Crippen LogP contribution < -0.4 is 9.38 Å². The summed E-state index contributed by atoms with van der Waals surface area (Å²) in [5.74, 6) is 0. The molecule has 0 atom stereocenters. The van der Waals surface area contributed by atoms with Crippen LogP contribution in [0.3, 0.4) is 0 Å². The zero-order valence-corrected chi connectivity index (χ0v) is 9.73. The summed E-state index contributed by atoms with van der Waals surface area (Å²) in [5, 5.41) is 1.10. The van der Waals surface area contributed by atoms with Crippen LogP contribution in [0.1, 0.15) is 0 Å². The lowest BCUT2D eigenvalue weighted by atomic mass is 10.2. The Morgan fingerprint density at radius 3 is 2.36 bits per heavy atom. The third-order valence-electron chi connectivity index (χ3n) is 1.80. The molecule has 0 unspecified atom stereocenters. The molecule has 72 valence electrons. The molecule has 0 bridgehead atoms. The largest absolute Gasteiger partial charge is 0.388 e. The number of aromatic nitrogens is 1. The maximum absolute atomic E-state index is 4.54. The topological polar surface area (TPSA) is 15.9 Å². The Labute approximate surface area is 90.2 Å². The van der Waals surface area contributed by atoms with E-state index in [-0.39, 0.29) is 0 Å². The van der Waals surface area contributed by atoms with Gasteiger partial charge in [-0.2, -0.15) is 0 Å². The van der Waals surface area contributed by atoms with Crippen LogP contribution in [0.15, 0.2) is 30.3 Å². The molecule has 0 N–H and O–H groups in total. The van der Waals surface area contributed by atoms with E-state index >= 15 is 0 Å². The molecule has 0 amide bonds. The van der Waals surface area contributed by atoms with Crippen molar-refractivity contribution in [3.8, 4) is 10.6 Å². The van der Waals surface area contributed by atoms with Gasteiger partial charge in [-0.05, 0) is 27.5 Å². The summed E-state index contributed by atoms with van der Waals surface area (Å²) in [6.07, 6.45) is 0. The van der Waals surface area contributed by atoms with E-state index in [1.165, 1.54) is 5.56 Å². The van der Waals surface area contributed by atoms with Crippen LogP contribution in [0.5, 0.6) is 0 Å². The summed E-state index contributed by atoms with van der Waals surface area (Å²) >= 11 is 0. The second-order valence-electron chi connectivity index (χ2n) is 3.13. The Bertz CT molecular complexity index is 478. The van der Waals surface area contributed by atoms with Crippen molar-refractivity contribution in [3.05, 3.63) is 35.1 Å². The molecule has 2 aromatic rings. The van der Waals surface area contributed by atoms with Crippen molar-refractivity contribution < 1.29 is 0 Å². The van der Waals surface area contributed by atoms with E-state index in [9.17, 15) is 0 Å². The highest BCUT2D eigenvalue weighted by Crippen LogP contribution is 2.21. The third-order valence-corrected chi connectivity index (χ3v) is 4.14. The highest BCUT2D eigenvalue weighted by molar-refractivity contribution is 7.69. The first-order valence-electron chi connectivity index (χ1n) is 4.30. The van der Waals surface area contributed by atoms with Gasteiger partial charge in [0.1, 0.15) is 0 Å². The predicted octanol–water partition coefficient (Wildman–Crippen LogP) is 1.90. The Morgan fingerprint density at radius 1 is 1.07 bits per heavy atom. The van der Waals surface area contributed by atoms with E-state index < -0.39 is 0 Å². The summed E-state index contributed by atoms with van der Waals surface area (Å²) in [4.78, 5) is 5.61. The number of benzene rings is 1. The smallest absolute Gasteiger partial charge is 0.254 e. The second kappa shape index (κ2) is 4.02. The normalized spacial score (nSPS) is 10.1. The number of nitrogens with zero attached hydrogens (tertiary/aromatic N) is 2. The van der Waals surface area contributed by atoms with Gasteiger partial charge in [-0.25, -0.2) is 0 Å². The van der Waals surface area contributed by atoms with E-state index in [1.54, 1.807) is 20.7 Å². The van der Waals surface area contributed by atoms with E-state index in [2.05, 4.69) is 17.1 Å². The van der Waals surface area contributed by atoms with Crippen molar-refractivity contribution >= 4 is 20.7 Å². The van der Waals surface area contributed by atoms with Gasteiger partial charge in [0, 0.05) is 15.9 Å². The summed E-state index contributed by atoms with van der Waals surface area (Å²) in [6.45, 7) is 0. The lowest BCUT2D eigenvalue weighted by Crippen LogP contribution is -2.20. The van der Waals surface area contributed by atoms with Crippen LogP contribution in [-0.2, 0) is 0 Å². The first-order chi connectivity index (χ1) is 6.77. The first kappa shape index (κ1) is 9.55. The quantitative estimate of drug-likeness (QED) is 0.533. The van der Waals surface area contributed by atoms with Gasteiger partial charge in [-0.1, -0.05) is 18.2 Å². The molecule has 2 nitrogen and oxygen atoms in total. The summed E-state index contributed by atoms with van der Waals surface area (Å²) in [7, 11) is 7.46. The van der Waals surface area contributed by atoms with Crippen LogP contribution in [0, 0.1) is 0 Å². The molecule has 0 saturated carbocycles. The fourth-order valence-electron chi connectivity index (χ4n) is 1.07. The summed E-state index contributed by atoms with van der Waals surface area (Å²) in [5.41, 5.74) is 1.20. The fraction of sp³-hybridized carbons (Fsp3) is 0.200. The maximum Gasteiger partial charge on any atom is 0.388 e. The minimum absolute atomic E-state index is 1.06. The van der Waals surface area contributed by atoms with Crippen molar-refractivity contribution in [2.45, 2.75) is 0 Å². The zero-order chi connectivity index (χ0) is 9.97. The molecule has 1 aromatic carbocycles. The highest BCUT2D eigenvalue weighted by atomic mass is 32.9. The maximum atomic E-state index is 4.54. The van der Waals surface area contributed by atoms with Crippen molar-refractivity contribution in [1.82, 2.24) is 9.56 Å². The van der Waals surface area contributed by atoms with Crippen LogP contribution in [-0.4, -0.2) is 19.1 Å². The SMILES string of the molecule is C[N+](C)=c1nc(-c2ccccc2)ss1. The Morgan fingerprint density at radius 2 is 1.79 bits per heavy atom. The van der Waals surface area contributed by atoms with E-state index in [1.807, 2.05) is 36.9 Å². The highest BCUT2D eigenvalue weighted by Gasteiger charge is 2.09. The molecule has 0 aliphatic rings. The van der Waals surface area contributed by atoms with E-state index in [4.69, 9.17) is 0 Å². The van der Waals surface area contributed by atoms with Crippen LogP contribution >= 0.6 is 20.7 Å². The van der Waals surface area contributed by atoms with Gasteiger partial charge in [-0.3, -0.25) is 4.58 Å². The minimum Gasteiger partial charge on any atom is -0.254 e. The number of hydrogen-bond acceptors (Lipinski definition) is 3. The van der Waals surface area contributed by atoms with Gasteiger partial charge in [0.05, 0.1) is 14.1 Å². The predicted molar refractivity (Wildman–Crippen MR) is 62.5 cm³/mol. The van der Waals surface area contributed by atoms with E-state index in [0.29, 0.717) is 0 Å². The standard InChI is InChI=1S/C10H11N2S2/c1-12(2)10-11-9(13-14-10)8-6-4-3-5-7-8/h3-7H,1-2H3/q+1. The van der Waals surface area contributed by atoms with Gasteiger partial charge in [0.25, 0.3) is 0 Å². The first-order valence-corrected chi connectivity index (χ1v) is 6.45. The molecule has 2 rings (SSSR count).